The van der Waals surface area contributed by atoms with Crippen LogP contribution < -0.4 is 5.32 Å². The summed E-state index contributed by atoms with van der Waals surface area (Å²) in [6, 6.07) is 3.28. The lowest BCUT2D eigenvalue weighted by atomic mass is 10.1. The Morgan fingerprint density at radius 3 is 2.68 bits per heavy atom. The van der Waals surface area contributed by atoms with E-state index in [0.717, 1.165) is 6.07 Å². The van der Waals surface area contributed by atoms with Crippen LogP contribution in [0.25, 0.3) is 0 Å². The van der Waals surface area contributed by atoms with Crippen molar-refractivity contribution in [2.24, 2.45) is 0 Å². The van der Waals surface area contributed by atoms with Gasteiger partial charge < -0.3 is 4.52 Å². The van der Waals surface area contributed by atoms with Gasteiger partial charge in [0, 0.05) is 12.5 Å². The number of hydrogen-bond donors (Lipinski definition) is 1. The van der Waals surface area contributed by atoms with E-state index >= 15 is 0 Å². The molecule has 0 bridgehead atoms. The Labute approximate surface area is 108 Å². The molecular formula is C13H11F2N3O. The van der Waals surface area contributed by atoms with Crippen LogP contribution in [-0.2, 0) is 13.0 Å². The molecule has 1 aromatic carbocycles. The zero-order chi connectivity index (χ0) is 13.7. The summed E-state index contributed by atoms with van der Waals surface area (Å²) in [4.78, 5) is 4.08. The van der Waals surface area contributed by atoms with Crippen LogP contribution in [0.3, 0.4) is 0 Å². The highest BCUT2D eigenvalue weighted by Gasteiger charge is 2.08. The van der Waals surface area contributed by atoms with Crippen LogP contribution in [0.15, 0.2) is 22.7 Å². The predicted octanol–water partition coefficient (Wildman–Crippen LogP) is 1.66. The second-order valence-electron chi connectivity index (χ2n) is 3.87. The molecule has 4 nitrogen and oxygen atoms in total. The molecule has 0 amide bonds. The summed E-state index contributed by atoms with van der Waals surface area (Å²) in [7, 11) is 0. The SMILES string of the molecule is C#CCNCc1nc(Cc2cc(F)cc(F)c2)no1. The zero-order valence-corrected chi connectivity index (χ0v) is 9.99. The minimum absolute atomic E-state index is 0.202. The molecule has 0 saturated carbocycles. The van der Waals surface area contributed by atoms with Crippen LogP contribution in [0.4, 0.5) is 8.78 Å². The predicted molar refractivity (Wildman–Crippen MR) is 64.0 cm³/mol. The second kappa shape index (κ2) is 6.07. The first-order valence-electron chi connectivity index (χ1n) is 5.58. The van der Waals surface area contributed by atoms with Gasteiger partial charge in [-0.15, -0.1) is 6.42 Å². The Hall–Kier alpha value is -2.26. The van der Waals surface area contributed by atoms with Crippen molar-refractivity contribution >= 4 is 0 Å². The van der Waals surface area contributed by atoms with Crippen molar-refractivity contribution in [3.05, 3.63) is 47.1 Å². The number of rotatable bonds is 5. The fourth-order valence-electron chi connectivity index (χ4n) is 1.57. The minimum Gasteiger partial charge on any atom is -0.338 e. The molecule has 0 aliphatic carbocycles. The molecule has 0 radical (unpaired) electrons. The van der Waals surface area contributed by atoms with Crippen molar-refractivity contribution in [2.45, 2.75) is 13.0 Å². The molecule has 0 atom stereocenters. The molecular weight excluding hydrogens is 252 g/mol. The van der Waals surface area contributed by atoms with Gasteiger partial charge in [0.1, 0.15) is 11.6 Å². The molecule has 0 aliphatic heterocycles. The molecule has 1 aromatic heterocycles. The highest BCUT2D eigenvalue weighted by atomic mass is 19.1. The Balaban J connectivity index is 2.01. The van der Waals surface area contributed by atoms with Crippen molar-refractivity contribution in [1.29, 1.82) is 0 Å². The maximum Gasteiger partial charge on any atom is 0.240 e. The second-order valence-corrected chi connectivity index (χ2v) is 3.87. The molecule has 0 unspecified atom stereocenters. The van der Waals surface area contributed by atoms with Crippen LogP contribution in [0.5, 0.6) is 0 Å². The van der Waals surface area contributed by atoms with E-state index in [1.54, 1.807) is 0 Å². The van der Waals surface area contributed by atoms with Gasteiger partial charge in [0.2, 0.25) is 5.89 Å². The molecule has 0 spiro atoms. The smallest absolute Gasteiger partial charge is 0.240 e. The fourth-order valence-corrected chi connectivity index (χ4v) is 1.57. The van der Waals surface area contributed by atoms with E-state index in [1.807, 2.05) is 0 Å². The van der Waals surface area contributed by atoms with Gasteiger partial charge in [-0.2, -0.15) is 4.98 Å². The Morgan fingerprint density at radius 1 is 1.26 bits per heavy atom. The number of terminal acetylenes is 1. The van der Waals surface area contributed by atoms with Crippen LogP contribution in [0.2, 0.25) is 0 Å². The van der Waals surface area contributed by atoms with Crippen molar-refractivity contribution in [2.75, 3.05) is 6.54 Å². The highest BCUT2D eigenvalue weighted by molar-refractivity contribution is 5.21. The molecule has 0 saturated heterocycles. The number of nitrogens with one attached hydrogen (secondary N) is 1. The van der Waals surface area contributed by atoms with Gasteiger partial charge in [-0.05, 0) is 17.7 Å². The lowest BCUT2D eigenvalue weighted by molar-refractivity contribution is 0.366. The number of benzene rings is 1. The fraction of sp³-hybridized carbons (Fsp3) is 0.231. The largest absolute Gasteiger partial charge is 0.338 e. The summed E-state index contributed by atoms with van der Waals surface area (Å²) in [6.45, 7) is 0.752. The number of aromatic nitrogens is 2. The van der Waals surface area contributed by atoms with E-state index in [4.69, 9.17) is 10.9 Å². The summed E-state index contributed by atoms with van der Waals surface area (Å²) in [5, 5.41) is 6.62. The van der Waals surface area contributed by atoms with Crippen molar-refractivity contribution in [1.82, 2.24) is 15.5 Å². The zero-order valence-electron chi connectivity index (χ0n) is 9.99. The lowest BCUT2D eigenvalue weighted by Gasteiger charge is -1.97. The number of nitrogens with zero attached hydrogens (tertiary/aromatic N) is 2. The molecule has 1 N–H and O–H groups in total. The number of hydrogen-bond acceptors (Lipinski definition) is 4. The molecule has 0 aliphatic rings. The Bertz CT molecular complexity index is 584. The Kier molecular flexibility index (Phi) is 4.21. The van der Waals surface area contributed by atoms with E-state index in [2.05, 4.69) is 21.4 Å². The van der Waals surface area contributed by atoms with E-state index in [0.29, 0.717) is 30.4 Å². The quantitative estimate of drug-likeness (QED) is 0.658. The van der Waals surface area contributed by atoms with Crippen LogP contribution in [0.1, 0.15) is 17.3 Å². The van der Waals surface area contributed by atoms with E-state index in [-0.39, 0.29) is 6.42 Å². The first-order valence-corrected chi connectivity index (χ1v) is 5.58. The monoisotopic (exact) mass is 263 g/mol. The van der Waals surface area contributed by atoms with Crippen LogP contribution >= 0.6 is 0 Å². The van der Waals surface area contributed by atoms with Gasteiger partial charge >= 0.3 is 0 Å². The minimum atomic E-state index is -0.630. The normalized spacial score (nSPS) is 10.4. The third-order valence-electron chi connectivity index (χ3n) is 2.30. The molecule has 98 valence electrons. The van der Waals surface area contributed by atoms with Gasteiger partial charge in [0.15, 0.2) is 5.82 Å². The molecule has 19 heavy (non-hydrogen) atoms. The summed E-state index contributed by atoms with van der Waals surface area (Å²) in [5.41, 5.74) is 0.446. The average molecular weight is 263 g/mol. The summed E-state index contributed by atoms with van der Waals surface area (Å²) in [6.07, 6.45) is 5.28. The Morgan fingerprint density at radius 2 is 2.00 bits per heavy atom. The van der Waals surface area contributed by atoms with Crippen LogP contribution in [0, 0.1) is 24.0 Å². The third kappa shape index (κ3) is 3.86. The summed E-state index contributed by atoms with van der Waals surface area (Å²) >= 11 is 0. The highest BCUT2D eigenvalue weighted by Crippen LogP contribution is 2.11. The summed E-state index contributed by atoms with van der Waals surface area (Å²) < 4.78 is 31.0. The van der Waals surface area contributed by atoms with Crippen molar-refractivity contribution in [3.63, 3.8) is 0 Å². The first-order chi connectivity index (χ1) is 9.17. The van der Waals surface area contributed by atoms with E-state index in [9.17, 15) is 8.78 Å². The molecule has 2 rings (SSSR count). The third-order valence-corrected chi connectivity index (χ3v) is 2.30. The van der Waals surface area contributed by atoms with Crippen molar-refractivity contribution in [3.8, 4) is 12.3 Å². The van der Waals surface area contributed by atoms with Crippen LogP contribution in [-0.4, -0.2) is 16.7 Å². The average Bonchev–Trinajstić information content (AvgIpc) is 2.76. The van der Waals surface area contributed by atoms with E-state index in [1.165, 1.54) is 12.1 Å². The molecule has 2 aromatic rings. The molecule has 6 heteroatoms. The number of halogens is 2. The maximum absolute atomic E-state index is 13.0. The van der Waals surface area contributed by atoms with Gasteiger partial charge in [-0.25, -0.2) is 8.78 Å². The standard InChI is InChI=1S/C13H11F2N3O/c1-2-3-16-8-13-17-12(18-19-13)6-9-4-10(14)7-11(15)5-9/h1,4-5,7,16H,3,6,8H2. The molecule has 1 heterocycles. The van der Waals surface area contributed by atoms with E-state index < -0.39 is 11.6 Å². The molecule has 0 fully saturated rings. The maximum atomic E-state index is 13.0. The van der Waals surface area contributed by atoms with Gasteiger partial charge in [0.05, 0.1) is 13.1 Å². The first kappa shape index (κ1) is 13.2. The summed E-state index contributed by atoms with van der Waals surface area (Å²) in [5.74, 6) is 1.89. The lowest BCUT2D eigenvalue weighted by Crippen LogP contribution is -2.13. The topological polar surface area (TPSA) is 51.0 Å². The van der Waals surface area contributed by atoms with Gasteiger partial charge in [-0.1, -0.05) is 11.1 Å². The van der Waals surface area contributed by atoms with Crippen molar-refractivity contribution < 1.29 is 13.3 Å². The van der Waals surface area contributed by atoms with Gasteiger partial charge in [-0.3, -0.25) is 5.32 Å². The van der Waals surface area contributed by atoms with Gasteiger partial charge in [0.25, 0.3) is 0 Å².